The molecule has 0 aliphatic carbocycles. The van der Waals surface area contributed by atoms with Crippen LogP contribution >= 0.6 is 0 Å². The average Bonchev–Trinajstić information content (AvgIpc) is 2.77. The average molecular weight is 424 g/mol. The Kier molecular flexibility index (Phi) is 7.03. The highest BCUT2D eigenvalue weighted by Gasteiger charge is 2.23. The van der Waals surface area contributed by atoms with Gasteiger partial charge >= 0.3 is 0 Å². The van der Waals surface area contributed by atoms with Crippen LogP contribution in [0.5, 0.6) is 5.75 Å². The standard InChI is InChI=1S/C24H25NO4S/c1-3-25(30(27,28)24-15-11-22(12-16-24)19(2)26)17-20-9-13-23(14-10-20)29-18-21-7-5-4-6-8-21/h4-16H,3,17-18H2,1-2H3. The molecule has 0 aliphatic heterocycles. The smallest absolute Gasteiger partial charge is 0.243 e. The first-order valence-electron chi connectivity index (χ1n) is 9.77. The van der Waals surface area contributed by atoms with Crippen LogP contribution in [0.2, 0.25) is 0 Å². The summed E-state index contributed by atoms with van der Waals surface area (Å²) in [6.07, 6.45) is 0. The number of nitrogens with zero attached hydrogens (tertiary/aromatic N) is 1. The van der Waals surface area contributed by atoms with Gasteiger partial charge in [0.25, 0.3) is 0 Å². The number of rotatable bonds is 9. The fourth-order valence-corrected chi connectivity index (χ4v) is 4.45. The molecule has 0 N–H and O–H groups in total. The molecule has 3 aromatic carbocycles. The van der Waals surface area contributed by atoms with E-state index in [-0.39, 0.29) is 17.2 Å². The van der Waals surface area contributed by atoms with Gasteiger partial charge in [-0.1, -0.05) is 61.5 Å². The van der Waals surface area contributed by atoms with E-state index >= 15 is 0 Å². The molecule has 30 heavy (non-hydrogen) atoms. The lowest BCUT2D eigenvalue weighted by molar-refractivity contribution is 0.101. The maximum atomic E-state index is 13.0. The van der Waals surface area contributed by atoms with Crippen molar-refractivity contribution in [1.29, 1.82) is 0 Å². The lowest BCUT2D eigenvalue weighted by Gasteiger charge is -2.21. The number of hydrogen-bond donors (Lipinski definition) is 0. The van der Waals surface area contributed by atoms with Gasteiger partial charge in [0.1, 0.15) is 12.4 Å². The van der Waals surface area contributed by atoms with Crippen molar-refractivity contribution in [2.45, 2.75) is 31.9 Å². The molecule has 5 nitrogen and oxygen atoms in total. The predicted molar refractivity (Wildman–Crippen MR) is 117 cm³/mol. The zero-order valence-electron chi connectivity index (χ0n) is 17.1. The third-order valence-electron chi connectivity index (χ3n) is 4.78. The van der Waals surface area contributed by atoms with Crippen LogP contribution in [-0.4, -0.2) is 25.1 Å². The second-order valence-electron chi connectivity index (χ2n) is 6.93. The van der Waals surface area contributed by atoms with Gasteiger partial charge in [0.2, 0.25) is 10.0 Å². The van der Waals surface area contributed by atoms with Gasteiger partial charge in [-0.05, 0) is 42.3 Å². The van der Waals surface area contributed by atoms with E-state index in [0.29, 0.717) is 18.7 Å². The predicted octanol–water partition coefficient (Wildman–Crippen LogP) is 4.68. The van der Waals surface area contributed by atoms with Crippen LogP contribution in [0, 0.1) is 0 Å². The molecule has 156 valence electrons. The first-order chi connectivity index (χ1) is 14.4. The molecule has 0 unspecified atom stereocenters. The normalized spacial score (nSPS) is 11.4. The van der Waals surface area contributed by atoms with Crippen LogP contribution in [0.3, 0.4) is 0 Å². The minimum absolute atomic E-state index is 0.0964. The fraction of sp³-hybridized carbons (Fsp3) is 0.208. The second-order valence-corrected chi connectivity index (χ2v) is 8.87. The van der Waals surface area contributed by atoms with Gasteiger partial charge in [0.05, 0.1) is 4.90 Å². The molecule has 6 heteroatoms. The molecular formula is C24H25NO4S. The molecule has 0 aliphatic rings. The van der Waals surface area contributed by atoms with Crippen molar-refractivity contribution >= 4 is 15.8 Å². The zero-order valence-corrected chi connectivity index (χ0v) is 17.9. The summed E-state index contributed by atoms with van der Waals surface area (Å²) in [7, 11) is -3.66. The molecule has 0 atom stereocenters. The molecule has 0 saturated carbocycles. The van der Waals surface area contributed by atoms with Gasteiger partial charge in [0, 0.05) is 18.7 Å². The van der Waals surface area contributed by atoms with Crippen molar-refractivity contribution in [2.75, 3.05) is 6.54 Å². The first-order valence-corrected chi connectivity index (χ1v) is 11.2. The SMILES string of the molecule is CCN(Cc1ccc(OCc2ccccc2)cc1)S(=O)(=O)c1ccc(C(C)=O)cc1. The quantitative estimate of drug-likeness (QED) is 0.469. The molecule has 3 rings (SSSR count). The number of carbonyl (C=O) groups excluding carboxylic acids is 1. The van der Waals surface area contributed by atoms with Crippen LogP contribution in [0.15, 0.2) is 83.8 Å². The van der Waals surface area contributed by atoms with E-state index in [0.717, 1.165) is 16.9 Å². The van der Waals surface area contributed by atoms with Crippen molar-refractivity contribution in [3.63, 3.8) is 0 Å². The van der Waals surface area contributed by atoms with Gasteiger partial charge in [-0.2, -0.15) is 4.31 Å². The highest BCUT2D eigenvalue weighted by molar-refractivity contribution is 7.89. The molecule has 0 bridgehead atoms. The molecule has 0 radical (unpaired) electrons. The van der Waals surface area contributed by atoms with Gasteiger partial charge in [0.15, 0.2) is 5.78 Å². The summed E-state index contributed by atoms with van der Waals surface area (Å²) in [6, 6.07) is 23.4. The van der Waals surface area contributed by atoms with E-state index in [9.17, 15) is 13.2 Å². The number of carbonyl (C=O) groups is 1. The van der Waals surface area contributed by atoms with E-state index < -0.39 is 10.0 Å². The van der Waals surface area contributed by atoms with Crippen molar-refractivity contribution in [3.05, 3.63) is 95.6 Å². The van der Waals surface area contributed by atoms with E-state index in [1.54, 1.807) is 19.1 Å². The van der Waals surface area contributed by atoms with Crippen molar-refractivity contribution in [3.8, 4) is 5.75 Å². The lowest BCUT2D eigenvalue weighted by Crippen LogP contribution is -2.30. The second kappa shape index (κ2) is 9.69. The molecular weight excluding hydrogens is 398 g/mol. The minimum Gasteiger partial charge on any atom is -0.489 e. The van der Waals surface area contributed by atoms with Crippen molar-refractivity contribution in [1.82, 2.24) is 4.31 Å². The third kappa shape index (κ3) is 5.34. The van der Waals surface area contributed by atoms with Crippen molar-refractivity contribution in [2.24, 2.45) is 0 Å². The molecule has 0 heterocycles. The largest absolute Gasteiger partial charge is 0.489 e. The van der Waals surface area contributed by atoms with E-state index in [1.807, 2.05) is 54.6 Å². The van der Waals surface area contributed by atoms with Crippen LogP contribution < -0.4 is 4.74 Å². The van der Waals surface area contributed by atoms with Gasteiger partial charge in [-0.3, -0.25) is 4.79 Å². The topological polar surface area (TPSA) is 63.7 Å². The summed E-state index contributed by atoms with van der Waals surface area (Å²) >= 11 is 0. The summed E-state index contributed by atoms with van der Waals surface area (Å²) in [4.78, 5) is 11.6. The molecule has 0 spiro atoms. The number of ether oxygens (including phenoxy) is 1. The monoisotopic (exact) mass is 423 g/mol. The summed E-state index contributed by atoms with van der Waals surface area (Å²) in [5, 5.41) is 0. The lowest BCUT2D eigenvalue weighted by atomic mass is 10.2. The molecule has 3 aromatic rings. The summed E-state index contributed by atoms with van der Waals surface area (Å²) in [5.74, 6) is 0.634. The highest BCUT2D eigenvalue weighted by Crippen LogP contribution is 2.21. The first kappa shape index (κ1) is 21.7. The Morgan fingerprint density at radius 2 is 1.50 bits per heavy atom. The van der Waals surface area contributed by atoms with Gasteiger partial charge in [-0.15, -0.1) is 0 Å². The number of hydrogen-bond acceptors (Lipinski definition) is 4. The van der Waals surface area contributed by atoms with Crippen LogP contribution in [0.25, 0.3) is 0 Å². The summed E-state index contributed by atoms with van der Waals surface area (Å²) < 4.78 is 33.2. The van der Waals surface area contributed by atoms with Crippen molar-refractivity contribution < 1.29 is 17.9 Å². The molecule has 0 fully saturated rings. The molecule has 0 amide bonds. The van der Waals surface area contributed by atoms with Crippen LogP contribution in [-0.2, 0) is 23.2 Å². The minimum atomic E-state index is -3.66. The van der Waals surface area contributed by atoms with Crippen LogP contribution in [0.4, 0.5) is 0 Å². The summed E-state index contributed by atoms with van der Waals surface area (Å²) in [6.45, 7) is 4.33. The van der Waals surface area contributed by atoms with Gasteiger partial charge < -0.3 is 4.74 Å². The van der Waals surface area contributed by atoms with E-state index in [1.165, 1.54) is 23.4 Å². The Bertz CT molecular complexity index is 1080. The Balaban J connectivity index is 1.67. The highest BCUT2D eigenvalue weighted by atomic mass is 32.2. The maximum Gasteiger partial charge on any atom is 0.243 e. The number of ketones is 1. The van der Waals surface area contributed by atoms with Crippen LogP contribution in [0.1, 0.15) is 35.3 Å². The zero-order chi connectivity index (χ0) is 21.6. The fourth-order valence-electron chi connectivity index (χ4n) is 3.01. The maximum absolute atomic E-state index is 13.0. The van der Waals surface area contributed by atoms with Gasteiger partial charge in [-0.25, -0.2) is 8.42 Å². The number of sulfonamides is 1. The number of benzene rings is 3. The Hall–Kier alpha value is -2.96. The van der Waals surface area contributed by atoms with E-state index in [4.69, 9.17) is 4.74 Å². The number of Topliss-reactive ketones (excluding diaryl/α,β-unsaturated/α-hetero) is 1. The Labute approximate surface area is 178 Å². The summed E-state index contributed by atoms with van der Waals surface area (Å²) in [5.41, 5.74) is 2.44. The van der Waals surface area contributed by atoms with E-state index in [2.05, 4.69) is 0 Å². The molecule has 0 aromatic heterocycles. The Morgan fingerprint density at radius 1 is 0.867 bits per heavy atom. The third-order valence-corrected chi connectivity index (χ3v) is 6.72. The Morgan fingerprint density at radius 3 is 2.07 bits per heavy atom. The molecule has 0 saturated heterocycles.